The number of amides is 1. The summed E-state index contributed by atoms with van der Waals surface area (Å²) in [7, 11) is 1.26. The van der Waals surface area contributed by atoms with E-state index in [0.29, 0.717) is 16.9 Å². The fourth-order valence-corrected chi connectivity index (χ4v) is 4.98. The Hall–Kier alpha value is -1.28. The molecule has 0 aromatic heterocycles. The number of carboxylic acid groups (broad SMARTS) is 1. The van der Waals surface area contributed by atoms with Crippen molar-refractivity contribution < 1.29 is 24.2 Å². The van der Waals surface area contributed by atoms with Crippen molar-refractivity contribution in [3.8, 4) is 0 Å². The van der Waals surface area contributed by atoms with Crippen LogP contribution in [0.5, 0.6) is 0 Å². The highest BCUT2D eigenvalue weighted by molar-refractivity contribution is 8.00. The lowest BCUT2D eigenvalue weighted by Crippen LogP contribution is -2.50. The van der Waals surface area contributed by atoms with Crippen LogP contribution in [0.25, 0.3) is 0 Å². The number of nitrogens with two attached hydrogens (primary N) is 1. The Balaban J connectivity index is 2.66. The molecule has 4 N–H and O–H groups in total. The predicted octanol–water partition coefficient (Wildman–Crippen LogP) is 1.39. The summed E-state index contributed by atoms with van der Waals surface area (Å²) >= 11 is 1.67. The van der Waals surface area contributed by atoms with Gasteiger partial charge in [0, 0.05) is 11.0 Å². The number of aliphatic carboxylic acids is 1. The van der Waals surface area contributed by atoms with Gasteiger partial charge in [-0.15, -0.1) is 0 Å². The van der Waals surface area contributed by atoms with Gasteiger partial charge in [-0.3, -0.25) is 9.59 Å². The van der Waals surface area contributed by atoms with Crippen LogP contribution in [0.15, 0.2) is 0 Å². The summed E-state index contributed by atoms with van der Waals surface area (Å²) in [5, 5.41) is 11.7. The molecule has 7 nitrogen and oxygen atoms in total. The molecule has 8 heteroatoms. The molecule has 0 heterocycles. The minimum absolute atomic E-state index is 0.196. The Kier molecular flexibility index (Phi) is 8.21. The molecule has 0 radical (unpaired) electrons. The molecular weight excluding hydrogens is 344 g/mol. The Morgan fingerprint density at radius 3 is 2.48 bits per heavy atom. The zero-order valence-electron chi connectivity index (χ0n) is 15.4. The Bertz CT molecular complexity index is 492. The second kappa shape index (κ2) is 9.43. The number of carbonyl (C=O) groups excluding carboxylic acids is 2. The van der Waals surface area contributed by atoms with Crippen LogP contribution in [0.4, 0.5) is 0 Å². The summed E-state index contributed by atoms with van der Waals surface area (Å²) in [6, 6.07) is -2.02. The van der Waals surface area contributed by atoms with Gasteiger partial charge in [0.25, 0.3) is 0 Å². The molecule has 0 aliphatic heterocycles. The molecule has 25 heavy (non-hydrogen) atoms. The van der Waals surface area contributed by atoms with Crippen molar-refractivity contribution in [3.63, 3.8) is 0 Å². The Labute approximate surface area is 153 Å². The second-order valence-corrected chi connectivity index (χ2v) is 8.84. The third kappa shape index (κ3) is 6.86. The van der Waals surface area contributed by atoms with Gasteiger partial charge in [0.2, 0.25) is 5.91 Å². The number of hydrogen-bond acceptors (Lipinski definition) is 6. The van der Waals surface area contributed by atoms with Crippen molar-refractivity contribution >= 4 is 29.6 Å². The summed E-state index contributed by atoms with van der Waals surface area (Å²) in [6.45, 7) is 6.67. The van der Waals surface area contributed by atoms with Gasteiger partial charge in [-0.1, -0.05) is 27.2 Å². The number of ether oxygens (including phenoxy) is 1. The van der Waals surface area contributed by atoms with Crippen LogP contribution in [0, 0.1) is 11.3 Å². The molecule has 4 atom stereocenters. The van der Waals surface area contributed by atoms with Gasteiger partial charge in [-0.05, 0) is 24.2 Å². The van der Waals surface area contributed by atoms with E-state index in [9.17, 15) is 14.4 Å². The van der Waals surface area contributed by atoms with E-state index in [1.165, 1.54) is 20.0 Å². The fraction of sp³-hybridized carbons (Fsp3) is 0.824. The average Bonchev–Trinajstić information content (AvgIpc) is 2.98. The molecule has 2 unspecified atom stereocenters. The van der Waals surface area contributed by atoms with Crippen molar-refractivity contribution in [2.24, 2.45) is 17.1 Å². The number of carboxylic acids is 1. The molecule has 0 aromatic carbocycles. The molecule has 0 saturated heterocycles. The first kappa shape index (κ1) is 21.8. The zero-order valence-corrected chi connectivity index (χ0v) is 16.2. The summed E-state index contributed by atoms with van der Waals surface area (Å²) < 4.78 is 4.76. The number of esters is 1. The van der Waals surface area contributed by atoms with Gasteiger partial charge in [-0.25, -0.2) is 4.79 Å². The van der Waals surface area contributed by atoms with Gasteiger partial charge in [0.15, 0.2) is 0 Å². The molecule has 144 valence electrons. The standard InChI is InChI=1S/C17H30N2O5S/c1-17(2,3)10-6-5-7-13(10)25-9-12(16(23)24-4)19-15(22)11(18)8-14(20)21/h10-13H,5-9,18H2,1-4H3,(H,19,22)(H,20,21)/t10?,11-,12-,13?/m0/s1. The molecule has 1 aliphatic carbocycles. The minimum atomic E-state index is -1.19. The van der Waals surface area contributed by atoms with Crippen molar-refractivity contribution in [2.75, 3.05) is 12.9 Å². The highest BCUT2D eigenvalue weighted by Gasteiger charge is 2.37. The first-order valence-corrected chi connectivity index (χ1v) is 9.58. The first-order valence-electron chi connectivity index (χ1n) is 8.53. The summed E-state index contributed by atoms with van der Waals surface area (Å²) in [6.07, 6.45) is 2.94. The maximum atomic E-state index is 12.0. The van der Waals surface area contributed by atoms with Gasteiger partial charge < -0.3 is 20.9 Å². The lowest BCUT2D eigenvalue weighted by molar-refractivity contribution is -0.144. The summed E-state index contributed by atoms with van der Waals surface area (Å²) in [5.41, 5.74) is 5.75. The Morgan fingerprint density at radius 2 is 1.96 bits per heavy atom. The highest BCUT2D eigenvalue weighted by Crippen LogP contribution is 2.45. The minimum Gasteiger partial charge on any atom is -0.481 e. The molecule has 0 spiro atoms. The predicted molar refractivity (Wildman–Crippen MR) is 97.2 cm³/mol. The van der Waals surface area contributed by atoms with Crippen LogP contribution in [0.3, 0.4) is 0 Å². The van der Waals surface area contributed by atoms with Crippen molar-refractivity contribution in [1.29, 1.82) is 0 Å². The van der Waals surface area contributed by atoms with Crippen molar-refractivity contribution in [1.82, 2.24) is 5.32 Å². The molecule has 1 fully saturated rings. The fourth-order valence-electron chi connectivity index (χ4n) is 3.21. The van der Waals surface area contributed by atoms with Crippen LogP contribution >= 0.6 is 11.8 Å². The van der Waals surface area contributed by atoms with Crippen molar-refractivity contribution in [3.05, 3.63) is 0 Å². The van der Waals surface area contributed by atoms with E-state index < -0.39 is 36.4 Å². The van der Waals surface area contributed by atoms with Gasteiger partial charge in [0.05, 0.1) is 19.6 Å². The number of nitrogens with one attached hydrogen (secondary N) is 1. The molecule has 0 aromatic rings. The number of methoxy groups -OCH3 is 1. The van der Waals surface area contributed by atoms with E-state index in [0.717, 1.165) is 6.42 Å². The average molecular weight is 375 g/mol. The Morgan fingerprint density at radius 1 is 1.32 bits per heavy atom. The van der Waals surface area contributed by atoms with Crippen LogP contribution < -0.4 is 11.1 Å². The van der Waals surface area contributed by atoms with Gasteiger partial charge in [0.1, 0.15) is 6.04 Å². The monoisotopic (exact) mass is 374 g/mol. The van der Waals surface area contributed by atoms with E-state index in [1.807, 2.05) is 0 Å². The van der Waals surface area contributed by atoms with Gasteiger partial charge in [-0.2, -0.15) is 11.8 Å². The van der Waals surface area contributed by atoms with Crippen molar-refractivity contribution in [2.45, 2.75) is 63.8 Å². The quantitative estimate of drug-likeness (QED) is 0.549. The first-order chi connectivity index (χ1) is 11.6. The molecule has 1 amide bonds. The van der Waals surface area contributed by atoms with E-state index in [1.54, 1.807) is 11.8 Å². The topological polar surface area (TPSA) is 119 Å². The third-order valence-electron chi connectivity index (χ3n) is 4.58. The number of thioether (sulfide) groups is 1. The van der Waals surface area contributed by atoms with Gasteiger partial charge >= 0.3 is 11.9 Å². The number of carbonyl (C=O) groups is 3. The van der Waals surface area contributed by atoms with E-state index in [2.05, 4.69) is 26.1 Å². The SMILES string of the molecule is COC(=O)[C@H](CSC1CCCC1C(C)(C)C)NC(=O)[C@@H](N)CC(=O)O. The molecule has 1 saturated carbocycles. The maximum absolute atomic E-state index is 12.0. The maximum Gasteiger partial charge on any atom is 0.329 e. The van der Waals surface area contributed by atoms with Crippen LogP contribution in [-0.2, 0) is 19.1 Å². The normalized spacial score (nSPS) is 22.9. The van der Waals surface area contributed by atoms with E-state index in [4.69, 9.17) is 15.6 Å². The smallest absolute Gasteiger partial charge is 0.329 e. The lowest BCUT2D eigenvalue weighted by atomic mass is 9.79. The summed E-state index contributed by atoms with van der Waals surface area (Å²) in [4.78, 5) is 34.6. The summed E-state index contributed by atoms with van der Waals surface area (Å²) in [5.74, 6) is -1.42. The van der Waals surface area contributed by atoms with Crippen LogP contribution in [0.2, 0.25) is 0 Å². The third-order valence-corrected chi connectivity index (χ3v) is 6.09. The van der Waals surface area contributed by atoms with E-state index >= 15 is 0 Å². The molecular formula is C17H30N2O5S. The lowest BCUT2D eigenvalue weighted by Gasteiger charge is -2.32. The largest absolute Gasteiger partial charge is 0.481 e. The number of rotatable bonds is 8. The zero-order chi connectivity index (χ0) is 19.2. The second-order valence-electron chi connectivity index (χ2n) is 7.56. The van der Waals surface area contributed by atoms with Crippen LogP contribution in [-0.4, -0.2) is 53.1 Å². The molecule has 1 aliphatic rings. The highest BCUT2D eigenvalue weighted by atomic mass is 32.2. The van der Waals surface area contributed by atoms with Crippen LogP contribution in [0.1, 0.15) is 46.5 Å². The molecule has 0 bridgehead atoms. The molecule has 1 rings (SSSR count). The number of hydrogen-bond donors (Lipinski definition) is 3. The van der Waals surface area contributed by atoms with E-state index in [-0.39, 0.29) is 5.41 Å².